The van der Waals surface area contributed by atoms with E-state index in [1.165, 1.54) is 62.6 Å². The number of aromatic nitrogens is 2. The molecule has 39 heavy (non-hydrogen) atoms. The fourth-order valence-electron chi connectivity index (χ4n) is 5.80. The lowest BCUT2D eigenvalue weighted by atomic mass is 9.80. The topological polar surface area (TPSA) is 41.1 Å². The van der Waals surface area contributed by atoms with Gasteiger partial charge in [0, 0.05) is 22.3 Å². The molecule has 0 amide bonds. The molecule has 1 heterocycles. The molecule has 1 atom stereocenters. The van der Waals surface area contributed by atoms with Gasteiger partial charge >= 0.3 is 0 Å². The Morgan fingerprint density at radius 2 is 1.59 bits per heavy atom. The number of hydrogen-bond donors (Lipinski definition) is 1. The van der Waals surface area contributed by atoms with Crippen LogP contribution in [0, 0.1) is 24.7 Å². The van der Waals surface area contributed by atoms with Gasteiger partial charge in [-0.2, -0.15) is 0 Å². The van der Waals surface area contributed by atoms with Crippen molar-refractivity contribution in [2.24, 2.45) is 17.8 Å². The van der Waals surface area contributed by atoms with E-state index in [-0.39, 0.29) is 8.27 Å². The Morgan fingerprint density at radius 1 is 0.949 bits per heavy atom. The largest absolute Gasteiger partial charge is 0.362 e. The molecule has 4 heteroatoms. The maximum absolute atomic E-state index is 4.42. The molecule has 1 fully saturated rings. The van der Waals surface area contributed by atoms with E-state index in [4.69, 9.17) is 0 Å². The number of fused-ring (bicyclic) bond motifs is 1. The van der Waals surface area contributed by atoms with Crippen molar-refractivity contribution in [2.75, 3.05) is 32.1 Å². The summed E-state index contributed by atoms with van der Waals surface area (Å²) in [5, 5.41) is 4.86. The first-order chi connectivity index (χ1) is 18.6. The number of anilines is 1. The third-order valence-corrected chi connectivity index (χ3v) is 8.11. The fraction of sp³-hybridized carbons (Fsp3) is 0.600. The van der Waals surface area contributed by atoms with E-state index < -0.39 is 0 Å². The summed E-state index contributed by atoms with van der Waals surface area (Å²) in [6, 6.07) is 17.3. The third kappa shape index (κ3) is 9.90. The predicted molar refractivity (Wildman–Crippen MR) is 174 cm³/mol. The highest BCUT2D eigenvalue weighted by Gasteiger charge is 2.20. The van der Waals surface area contributed by atoms with E-state index in [1.54, 1.807) is 0 Å². The number of hydrogen-bond acceptors (Lipinski definition) is 4. The molecule has 4 rings (SSSR count). The van der Waals surface area contributed by atoms with Crippen molar-refractivity contribution in [1.82, 2.24) is 15.3 Å². The summed E-state index contributed by atoms with van der Waals surface area (Å²) in [5.74, 6) is 4.44. The van der Waals surface area contributed by atoms with Gasteiger partial charge in [-0.25, -0.2) is 9.97 Å². The van der Waals surface area contributed by atoms with Crippen molar-refractivity contribution in [1.29, 1.82) is 0 Å². The number of rotatable bonds is 9. The number of nitrogens with zero attached hydrogens (tertiary/aromatic N) is 3. The molecule has 1 saturated carbocycles. The van der Waals surface area contributed by atoms with Crippen LogP contribution >= 0.6 is 0 Å². The van der Waals surface area contributed by atoms with E-state index in [2.05, 4.69) is 74.2 Å². The van der Waals surface area contributed by atoms with Crippen LogP contribution in [0.15, 0.2) is 48.5 Å². The molecule has 0 saturated heterocycles. The van der Waals surface area contributed by atoms with Crippen molar-refractivity contribution >= 4 is 16.7 Å². The Hall–Kier alpha value is -2.46. The van der Waals surface area contributed by atoms with Crippen LogP contribution in [0.3, 0.4) is 0 Å². The molecule has 4 nitrogen and oxygen atoms in total. The summed E-state index contributed by atoms with van der Waals surface area (Å²) < 4.78 is 0. The first kappa shape index (κ1) is 31.1. The van der Waals surface area contributed by atoms with Gasteiger partial charge in [0.25, 0.3) is 0 Å². The minimum atomic E-state index is 0. The van der Waals surface area contributed by atoms with E-state index in [1.807, 2.05) is 50.2 Å². The normalized spacial score (nSPS) is 18.4. The highest BCUT2D eigenvalue weighted by atomic mass is 15.1. The van der Waals surface area contributed by atoms with Crippen molar-refractivity contribution < 1.29 is 2.85 Å². The second-order valence-corrected chi connectivity index (χ2v) is 13.1. The number of nitrogens with one attached hydrogen (secondary N) is 1. The van der Waals surface area contributed by atoms with Crippen molar-refractivity contribution in [2.45, 2.75) is 91.9 Å². The Balaban J connectivity index is 0.000000447. The molecule has 1 aromatic heterocycles. The lowest BCUT2D eigenvalue weighted by molar-refractivity contribution is 0.254. The van der Waals surface area contributed by atoms with Gasteiger partial charge in [0.15, 0.2) is 0 Å². The highest BCUT2D eigenvalue weighted by molar-refractivity contribution is 5.89. The summed E-state index contributed by atoms with van der Waals surface area (Å²) in [6.07, 6.45) is 9.82. The summed E-state index contributed by atoms with van der Waals surface area (Å²) >= 11 is 0. The standard InChI is InChI=1S/C24H41N.C11H13N3.2H2/c1-6-7-20-8-10-22(11-9-20)18-25-17-19(2)16-21-12-14-23(15-13-21)24(3,4)5;1-8-12-10-7-5-4-6-9(10)11(13-8)14(2)3;;/h12-15,19-20,22,25H,6-11,16-18H2,1-5H3;4-7H,1-3H3;2*1H. The average Bonchev–Trinajstić information content (AvgIpc) is 2.89. The van der Waals surface area contributed by atoms with Crippen LogP contribution in [0.25, 0.3) is 10.9 Å². The molecule has 3 aromatic rings. The lowest BCUT2D eigenvalue weighted by Crippen LogP contribution is -2.30. The Bertz CT molecular complexity index is 1130. The smallest absolute Gasteiger partial charge is 0.139 e. The molecule has 1 N–H and O–H groups in total. The van der Waals surface area contributed by atoms with Crippen LogP contribution in [-0.2, 0) is 11.8 Å². The first-order valence-corrected chi connectivity index (χ1v) is 15.3. The van der Waals surface area contributed by atoms with Crippen LogP contribution in [0.4, 0.5) is 5.82 Å². The van der Waals surface area contributed by atoms with Gasteiger partial charge in [0.05, 0.1) is 5.52 Å². The van der Waals surface area contributed by atoms with Gasteiger partial charge in [0.1, 0.15) is 11.6 Å². The van der Waals surface area contributed by atoms with Crippen molar-refractivity contribution in [3.63, 3.8) is 0 Å². The molecule has 2 aromatic carbocycles. The Labute approximate surface area is 242 Å². The molecule has 0 radical (unpaired) electrons. The Morgan fingerprint density at radius 3 is 2.21 bits per heavy atom. The number of benzene rings is 2. The quantitative estimate of drug-likeness (QED) is 0.298. The molecule has 1 unspecified atom stereocenters. The number of aryl methyl sites for hydroxylation is 1. The summed E-state index contributed by atoms with van der Waals surface area (Å²) in [7, 11) is 3.99. The van der Waals surface area contributed by atoms with Gasteiger partial charge < -0.3 is 10.2 Å². The lowest BCUT2D eigenvalue weighted by Gasteiger charge is -2.28. The summed E-state index contributed by atoms with van der Waals surface area (Å²) in [5.41, 5.74) is 4.16. The van der Waals surface area contributed by atoms with E-state index in [0.717, 1.165) is 40.9 Å². The first-order valence-electron chi connectivity index (χ1n) is 15.3. The molecule has 218 valence electrons. The third-order valence-electron chi connectivity index (χ3n) is 8.11. The summed E-state index contributed by atoms with van der Waals surface area (Å²) in [6.45, 7) is 15.8. The zero-order valence-electron chi connectivity index (χ0n) is 26.1. The molecule has 0 bridgehead atoms. The van der Waals surface area contributed by atoms with E-state index in [0.29, 0.717) is 5.92 Å². The van der Waals surface area contributed by atoms with Crippen LogP contribution in [0.5, 0.6) is 0 Å². The van der Waals surface area contributed by atoms with Crippen molar-refractivity contribution in [3.05, 3.63) is 65.5 Å². The second-order valence-electron chi connectivity index (χ2n) is 13.1. The SMILES string of the molecule is CCCC1CCC(CNCC(C)Cc2ccc(C(C)(C)C)cc2)CC1.Cc1nc(N(C)C)c2ccccc2n1.[HH].[HH]. The van der Waals surface area contributed by atoms with Crippen LogP contribution in [0.1, 0.15) is 92.9 Å². The molecule has 1 aliphatic carbocycles. The van der Waals surface area contributed by atoms with Gasteiger partial charge in [-0.1, -0.05) is 96.7 Å². The van der Waals surface area contributed by atoms with Crippen molar-refractivity contribution in [3.8, 4) is 0 Å². The minimum absolute atomic E-state index is 0. The molecular formula is C35H58N4. The minimum Gasteiger partial charge on any atom is -0.362 e. The van der Waals surface area contributed by atoms with Gasteiger partial charge in [0.2, 0.25) is 0 Å². The maximum atomic E-state index is 4.42. The fourth-order valence-corrected chi connectivity index (χ4v) is 5.80. The maximum Gasteiger partial charge on any atom is 0.139 e. The molecule has 1 aliphatic rings. The molecular weight excluding hydrogens is 476 g/mol. The number of para-hydroxylation sites is 1. The van der Waals surface area contributed by atoms with Gasteiger partial charge in [-0.15, -0.1) is 0 Å². The second kappa shape index (κ2) is 14.8. The Kier molecular flexibility index (Phi) is 11.8. The van der Waals surface area contributed by atoms with Crippen LogP contribution in [0.2, 0.25) is 0 Å². The monoisotopic (exact) mass is 534 g/mol. The molecule has 0 aliphatic heterocycles. The highest BCUT2D eigenvalue weighted by Crippen LogP contribution is 2.31. The van der Waals surface area contributed by atoms with Gasteiger partial charge in [-0.05, 0) is 85.7 Å². The van der Waals surface area contributed by atoms with E-state index in [9.17, 15) is 0 Å². The average molecular weight is 535 g/mol. The predicted octanol–water partition coefficient (Wildman–Crippen LogP) is 8.86. The zero-order chi connectivity index (χ0) is 28.4. The summed E-state index contributed by atoms with van der Waals surface area (Å²) in [4.78, 5) is 10.8. The van der Waals surface area contributed by atoms with Gasteiger partial charge in [-0.3, -0.25) is 0 Å². The molecule has 0 spiro atoms. The van der Waals surface area contributed by atoms with E-state index >= 15 is 0 Å². The zero-order valence-corrected chi connectivity index (χ0v) is 26.1. The van der Waals surface area contributed by atoms with Crippen LogP contribution in [-0.4, -0.2) is 37.2 Å². The van der Waals surface area contributed by atoms with Crippen LogP contribution < -0.4 is 10.2 Å².